The van der Waals surface area contributed by atoms with Crippen molar-refractivity contribution in [2.45, 2.75) is 34.1 Å². The van der Waals surface area contributed by atoms with Crippen LogP contribution < -0.4 is 15.2 Å². The van der Waals surface area contributed by atoms with E-state index >= 15 is 0 Å². The highest BCUT2D eigenvalue weighted by molar-refractivity contribution is 5.43. The summed E-state index contributed by atoms with van der Waals surface area (Å²) in [6, 6.07) is 6.10. The van der Waals surface area contributed by atoms with Crippen LogP contribution in [0.5, 0.6) is 11.5 Å². The fourth-order valence-electron chi connectivity index (χ4n) is 1.62. The first-order chi connectivity index (χ1) is 9.02. The van der Waals surface area contributed by atoms with E-state index in [1.165, 1.54) is 5.56 Å². The zero-order valence-corrected chi connectivity index (χ0v) is 12.6. The van der Waals surface area contributed by atoms with Gasteiger partial charge in [-0.05, 0) is 42.5 Å². The molecule has 19 heavy (non-hydrogen) atoms. The first kappa shape index (κ1) is 15.8. The summed E-state index contributed by atoms with van der Waals surface area (Å²) >= 11 is 0. The Morgan fingerprint density at radius 2 is 1.53 bits per heavy atom. The third-order valence-corrected chi connectivity index (χ3v) is 2.59. The summed E-state index contributed by atoms with van der Waals surface area (Å²) < 4.78 is 11.7. The van der Waals surface area contributed by atoms with Crippen LogP contribution in [0.4, 0.5) is 0 Å². The molecule has 3 nitrogen and oxygen atoms in total. The molecule has 0 bridgehead atoms. The lowest BCUT2D eigenvalue weighted by Crippen LogP contribution is -2.10. The predicted molar refractivity (Wildman–Crippen MR) is 79.9 cm³/mol. The molecule has 2 N–H and O–H groups in total. The Morgan fingerprint density at radius 1 is 0.947 bits per heavy atom. The Kier molecular flexibility index (Phi) is 6.71. The maximum Gasteiger partial charge on any atom is 0.161 e. The molecule has 3 heteroatoms. The van der Waals surface area contributed by atoms with Gasteiger partial charge in [0.25, 0.3) is 0 Å². The van der Waals surface area contributed by atoms with E-state index in [1.54, 1.807) is 0 Å². The summed E-state index contributed by atoms with van der Waals surface area (Å²) in [6.07, 6.45) is 0.864. The summed E-state index contributed by atoms with van der Waals surface area (Å²) in [5, 5.41) is 0. The molecule has 0 unspecified atom stereocenters. The number of hydrogen-bond donors (Lipinski definition) is 1. The minimum atomic E-state index is 0.496. The molecule has 1 aromatic carbocycles. The molecule has 0 radical (unpaired) electrons. The number of nitrogens with two attached hydrogens (primary N) is 1. The molecule has 0 aliphatic carbocycles. The van der Waals surface area contributed by atoms with E-state index in [0.717, 1.165) is 17.9 Å². The van der Waals surface area contributed by atoms with Gasteiger partial charge in [0.05, 0.1) is 13.2 Å². The van der Waals surface area contributed by atoms with Crippen LogP contribution in [0.2, 0.25) is 0 Å². The van der Waals surface area contributed by atoms with Gasteiger partial charge in [-0.3, -0.25) is 0 Å². The molecular weight excluding hydrogens is 238 g/mol. The average molecular weight is 265 g/mol. The summed E-state index contributed by atoms with van der Waals surface area (Å²) in [7, 11) is 0. The van der Waals surface area contributed by atoms with E-state index in [4.69, 9.17) is 15.2 Å². The first-order valence-corrected chi connectivity index (χ1v) is 7.11. The van der Waals surface area contributed by atoms with E-state index in [2.05, 4.69) is 33.8 Å². The van der Waals surface area contributed by atoms with Gasteiger partial charge in [0.15, 0.2) is 11.5 Å². The molecule has 0 heterocycles. The van der Waals surface area contributed by atoms with Crippen LogP contribution in [0, 0.1) is 11.8 Å². The van der Waals surface area contributed by atoms with Crippen molar-refractivity contribution in [3.8, 4) is 11.5 Å². The summed E-state index contributed by atoms with van der Waals surface area (Å²) in [4.78, 5) is 0. The second-order valence-corrected chi connectivity index (χ2v) is 5.73. The van der Waals surface area contributed by atoms with E-state index in [0.29, 0.717) is 31.6 Å². The van der Waals surface area contributed by atoms with Gasteiger partial charge in [0.1, 0.15) is 0 Å². The maximum absolute atomic E-state index is 5.85. The number of hydrogen-bond acceptors (Lipinski definition) is 3. The molecule has 0 aliphatic rings. The van der Waals surface area contributed by atoms with Crippen LogP contribution >= 0.6 is 0 Å². The molecule has 0 atom stereocenters. The van der Waals surface area contributed by atoms with Crippen molar-refractivity contribution in [3.63, 3.8) is 0 Å². The van der Waals surface area contributed by atoms with Gasteiger partial charge in [-0.25, -0.2) is 0 Å². The predicted octanol–water partition coefficient (Wildman–Crippen LogP) is 3.26. The number of ether oxygens (including phenoxy) is 2. The molecule has 0 fully saturated rings. The number of rotatable bonds is 8. The minimum Gasteiger partial charge on any atom is -0.489 e. The molecule has 0 spiro atoms. The quantitative estimate of drug-likeness (QED) is 0.784. The zero-order valence-electron chi connectivity index (χ0n) is 12.6. The third kappa shape index (κ3) is 5.97. The Balaban J connectivity index is 2.80. The Hall–Kier alpha value is -1.22. The smallest absolute Gasteiger partial charge is 0.161 e. The minimum absolute atomic E-state index is 0.496. The lowest BCUT2D eigenvalue weighted by molar-refractivity contribution is 0.229. The second kappa shape index (κ2) is 8.05. The average Bonchev–Trinajstić information content (AvgIpc) is 2.35. The molecule has 108 valence electrons. The van der Waals surface area contributed by atoms with Gasteiger partial charge in [-0.2, -0.15) is 0 Å². The largest absolute Gasteiger partial charge is 0.489 e. The van der Waals surface area contributed by atoms with Crippen LogP contribution in [-0.4, -0.2) is 19.8 Å². The Labute approximate surface area is 117 Å². The Morgan fingerprint density at radius 3 is 2.05 bits per heavy atom. The number of benzene rings is 1. The molecular formula is C16H27NO2. The highest BCUT2D eigenvalue weighted by Crippen LogP contribution is 2.29. The first-order valence-electron chi connectivity index (χ1n) is 7.11. The van der Waals surface area contributed by atoms with Gasteiger partial charge in [-0.1, -0.05) is 33.8 Å². The molecule has 1 aromatic rings. The lowest BCUT2D eigenvalue weighted by Gasteiger charge is -2.16. The van der Waals surface area contributed by atoms with Crippen molar-refractivity contribution >= 4 is 0 Å². The fourth-order valence-corrected chi connectivity index (χ4v) is 1.62. The van der Waals surface area contributed by atoms with Crippen molar-refractivity contribution in [1.29, 1.82) is 0 Å². The standard InChI is InChI=1S/C16H27NO2/c1-12(2)10-18-15-6-5-14(7-8-17)9-16(15)19-11-13(3)4/h5-6,9,12-13H,7-8,10-11,17H2,1-4H3. The Bertz CT molecular complexity index is 375. The topological polar surface area (TPSA) is 44.5 Å². The van der Waals surface area contributed by atoms with Crippen LogP contribution in [0.25, 0.3) is 0 Å². The fraction of sp³-hybridized carbons (Fsp3) is 0.625. The highest BCUT2D eigenvalue weighted by Gasteiger charge is 2.08. The molecule has 1 rings (SSSR count). The molecule has 0 amide bonds. The molecule has 0 aliphatic heterocycles. The van der Waals surface area contributed by atoms with Crippen LogP contribution in [-0.2, 0) is 6.42 Å². The third-order valence-electron chi connectivity index (χ3n) is 2.59. The molecule has 0 saturated heterocycles. The van der Waals surface area contributed by atoms with Gasteiger partial charge in [0, 0.05) is 0 Å². The molecule has 0 aromatic heterocycles. The highest BCUT2D eigenvalue weighted by atomic mass is 16.5. The van der Waals surface area contributed by atoms with Crippen molar-refractivity contribution in [1.82, 2.24) is 0 Å². The van der Waals surface area contributed by atoms with Crippen LogP contribution in [0.15, 0.2) is 18.2 Å². The van der Waals surface area contributed by atoms with E-state index in [-0.39, 0.29) is 0 Å². The van der Waals surface area contributed by atoms with Gasteiger partial charge in [0.2, 0.25) is 0 Å². The van der Waals surface area contributed by atoms with Crippen LogP contribution in [0.1, 0.15) is 33.3 Å². The monoisotopic (exact) mass is 265 g/mol. The van der Waals surface area contributed by atoms with E-state index < -0.39 is 0 Å². The van der Waals surface area contributed by atoms with Gasteiger partial charge >= 0.3 is 0 Å². The zero-order chi connectivity index (χ0) is 14.3. The van der Waals surface area contributed by atoms with E-state index in [9.17, 15) is 0 Å². The lowest BCUT2D eigenvalue weighted by atomic mass is 10.1. The summed E-state index contributed by atoms with van der Waals surface area (Å²) in [5.41, 5.74) is 6.79. The molecule has 0 saturated carbocycles. The summed E-state index contributed by atoms with van der Waals surface area (Å²) in [5.74, 6) is 2.66. The van der Waals surface area contributed by atoms with Gasteiger partial charge in [-0.15, -0.1) is 0 Å². The summed E-state index contributed by atoms with van der Waals surface area (Å²) in [6.45, 7) is 10.6. The maximum atomic E-state index is 5.85. The normalized spacial score (nSPS) is 11.1. The SMILES string of the molecule is CC(C)COc1ccc(CCN)cc1OCC(C)C. The van der Waals surface area contributed by atoms with Gasteiger partial charge < -0.3 is 15.2 Å². The van der Waals surface area contributed by atoms with E-state index in [1.807, 2.05) is 12.1 Å². The van der Waals surface area contributed by atoms with Crippen molar-refractivity contribution < 1.29 is 9.47 Å². The van der Waals surface area contributed by atoms with Crippen molar-refractivity contribution in [2.75, 3.05) is 19.8 Å². The van der Waals surface area contributed by atoms with Crippen molar-refractivity contribution in [3.05, 3.63) is 23.8 Å². The van der Waals surface area contributed by atoms with Crippen LogP contribution in [0.3, 0.4) is 0 Å². The second-order valence-electron chi connectivity index (χ2n) is 5.73. The van der Waals surface area contributed by atoms with Crippen molar-refractivity contribution in [2.24, 2.45) is 17.6 Å².